The second kappa shape index (κ2) is 8.57. The fourth-order valence-corrected chi connectivity index (χ4v) is 2.94. The summed E-state index contributed by atoms with van der Waals surface area (Å²) in [6, 6.07) is 18.9. The fraction of sp³-hybridized carbons (Fsp3) is 0.217. The van der Waals surface area contributed by atoms with Crippen LogP contribution in [0.4, 0.5) is 5.69 Å². The van der Waals surface area contributed by atoms with Gasteiger partial charge < -0.3 is 15.4 Å². The summed E-state index contributed by atoms with van der Waals surface area (Å²) < 4.78 is 5.72. The summed E-state index contributed by atoms with van der Waals surface area (Å²) in [7, 11) is 0. The van der Waals surface area contributed by atoms with Gasteiger partial charge in [-0.1, -0.05) is 36.4 Å². The maximum Gasteiger partial charge on any atom is 0.259 e. The molecule has 0 unspecified atom stereocenters. The van der Waals surface area contributed by atoms with Gasteiger partial charge in [0, 0.05) is 11.7 Å². The molecule has 0 aliphatic rings. The first-order valence-electron chi connectivity index (χ1n) is 9.25. The molecule has 0 aliphatic carbocycles. The fourth-order valence-electron chi connectivity index (χ4n) is 2.94. The topological polar surface area (TPSA) is 67.4 Å². The van der Waals surface area contributed by atoms with Crippen molar-refractivity contribution in [1.29, 1.82) is 0 Å². The van der Waals surface area contributed by atoms with Gasteiger partial charge in [0.25, 0.3) is 11.8 Å². The monoisotopic (exact) mass is 376 g/mol. The van der Waals surface area contributed by atoms with Crippen LogP contribution in [0.5, 0.6) is 5.75 Å². The molecule has 3 aromatic rings. The molecule has 0 bridgehead atoms. The van der Waals surface area contributed by atoms with Crippen LogP contribution in [0.1, 0.15) is 29.8 Å². The number of amides is 2. The largest absolute Gasteiger partial charge is 0.483 e. The molecule has 0 saturated heterocycles. The van der Waals surface area contributed by atoms with Crippen LogP contribution in [-0.2, 0) is 4.79 Å². The van der Waals surface area contributed by atoms with E-state index in [4.69, 9.17) is 4.74 Å². The van der Waals surface area contributed by atoms with Gasteiger partial charge in [-0.2, -0.15) is 0 Å². The molecular formula is C23H24N2O3. The predicted octanol–water partition coefficient (Wildman–Crippen LogP) is 4.30. The molecule has 2 N–H and O–H groups in total. The summed E-state index contributed by atoms with van der Waals surface area (Å²) in [6.45, 7) is 5.58. The van der Waals surface area contributed by atoms with E-state index in [1.807, 2.05) is 69.3 Å². The number of rotatable bonds is 6. The second-order valence-electron chi connectivity index (χ2n) is 7.03. The van der Waals surface area contributed by atoms with Crippen LogP contribution < -0.4 is 15.4 Å². The molecule has 3 rings (SSSR count). The summed E-state index contributed by atoms with van der Waals surface area (Å²) in [5.41, 5.74) is 2.15. The van der Waals surface area contributed by atoms with Gasteiger partial charge in [-0.25, -0.2) is 0 Å². The molecule has 0 saturated carbocycles. The zero-order valence-electron chi connectivity index (χ0n) is 16.3. The maximum absolute atomic E-state index is 12.9. The van der Waals surface area contributed by atoms with Crippen LogP contribution in [0.25, 0.3) is 10.8 Å². The first kappa shape index (κ1) is 19.4. The van der Waals surface area contributed by atoms with Gasteiger partial charge >= 0.3 is 0 Å². The number of anilines is 1. The van der Waals surface area contributed by atoms with Gasteiger partial charge in [0.2, 0.25) is 0 Å². The van der Waals surface area contributed by atoms with E-state index in [0.29, 0.717) is 17.0 Å². The Kier molecular flexibility index (Phi) is 5.94. The summed E-state index contributed by atoms with van der Waals surface area (Å²) in [5.74, 6) is -0.133. The Morgan fingerprint density at radius 2 is 1.68 bits per heavy atom. The predicted molar refractivity (Wildman–Crippen MR) is 112 cm³/mol. The van der Waals surface area contributed by atoms with Gasteiger partial charge in [-0.05, 0) is 61.4 Å². The number of hydrogen-bond donors (Lipinski definition) is 2. The van der Waals surface area contributed by atoms with Gasteiger partial charge in [0.1, 0.15) is 5.75 Å². The van der Waals surface area contributed by atoms with Crippen molar-refractivity contribution in [3.8, 4) is 5.75 Å². The normalized spacial score (nSPS) is 10.7. The smallest absolute Gasteiger partial charge is 0.259 e. The molecular weight excluding hydrogens is 352 g/mol. The quantitative estimate of drug-likeness (QED) is 0.674. The lowest BCUT2D eigenvalue weighted by Crippen LogP contribution is -2.34. The highest BCUT2D eigenvalue weighted by molar-refractivity contribution is 6.08. The van der Waals surface area contributed by atoms with Gasteiger partial charge in [0.15, 0.2) is 6.61 Å². The number of fused-ring (bicyclic) bond motifs is 1. The average molecular weight is 376 g/mol. The zero-order valence-corrected chi connectivity index (χ0v) is 16.3. The number of nitrogens with one attached hydrogen (secondary N) is 2. The molecule has 0 aliphatic heterocycles. The number of aryl methyl sites for hydroxylation is 1. The maximum atomic E-state index is 12.9. The van der Waals surface area contributed by atoms with E-state index in [1.54, 1.807) is 12.1 Å². The Hall–Kier alpha value is -3.34. The Morgan fingerprint density at radius 1 is 0.964 bits per heavy atom. The number of benzene rings is 3. The highest BCUT2D eigenvalue weighted by Crippen LogP contribution is 2.27. The van der Waals surface area contributed by atoms with E-state index in [-0.39, 0.29) is 24.5 Å². The minimum absolute atomic E-state index is 0.0248. The van der Waals surface area contributed by atoms with Crippen LogP contribution in [0.15, 0.2) is 60.7 Å². The molecule has 5 nitrogen and oxygen atoms in total. The second-order valence-corrected chi connectivity index (χ2v) is 7.03. The van der Waals surface area contributed by atoms with E-state index < -0.39 is 0 Å². The Morgan fingerprint density at radius 3 is 2.36 bits per heavy atom. The van der Waals surface area contributed by atoms with Crippen LogP contribution in [-0.4, -0.2) is 24.5 Å². The number of hydrogen-bond acceptors (Lipinski definition) is 3. The van der Waals surface area contributed by atoms with Crippen molar-refractivity contribution < 1.29 is 14.3 Å². The third-order valence-corrected chi connectivity index (χ3v) is 4.18. The first-order valence-corrected chi connectivity index (χ1v) is 9.25. The summed E-state index contributed by atoms with van der Waals surface area (Å²) in [4.78, 5) is 24.9. The SMILES string of the molecule is Cc1cccc(NC(=O)c2cc3ccccc3cc2OCC(=O)NC(C)C)c1. The molecule has 0 radical (unpaired) electrons. The zero-order chi connectivity index (χ0) is 20.1. The van der Waals surface area contributed by atoms with Crippen LogP contribution in [0.3, 0.4) is 0 Å². The van der Waals surface area contributed by atoms with E-state index in [1.165, 1.54) is 0 Å². The minimum atomic E-state index is -0.282. The molecule has 2 amide bonds. The molecule has 144 valence electrons. The van der Waals surface area contributed by atoms with E-state index >= 15 is 0 Å². The highest BCUT2D eigenvalue weighted by Gasteiger charge is 2.16. The Labute approximate surface area is 164 Å². The van der Waals surface area contributed by atoms with Gasteiger partial charge in [-0.3, -0.25) is 9.59 Å². The number of carbonyl (C=O) groups is 2. The molecule has 0 fully saturated rings. The molecule has 0 heterocycles. The van der Waals surface area contributed by atoms with Gasteiger partial charge in [-0.15, -0.1) is 0 Å². The van der Waals surface area contributed by atoms with Gasteiger partial charge in [0.05, 0.1) is 5.56 Å². The van der Waals surface area contributed by atoms with Crippen molar-refractivity contribution in [2.24, 2.45) is 0 Å². The van der Waals surface area contributed by atoms with Crippen molar-refractivity contribution in [3.63, 3.8) is 0 Å². The van der Waals surface area contributed by atoms with Crippen molar-refractivity contribution >= 4 is 28.3 Å². The van der Waals surface area contributed by atoms with E-state index in [2.05, 4.69) is 10.6 Å². The lowest BCUT2D eigenvalue weighted by molar-refractivity contribution is -0.123. The number of ether oxygens (including phenoxy) is 1. The molecule has 0 spiro atoms. The standard InChI is InChI=1S/C23H24N2O3/c1-15(2)24-22(26)14-28-21-13-18-9-5-4-8-17(18)12-20(21)23(27)25-19-10-6-7-16(3)11-19/h4-13,15H,14H2,1-3H3,(H,24,26)(H,25,27). The van der Waals surface area contributed by atoms with Crippen LogP contribution in [0, 0.1) is 6.92 Å². The van der Waals surface area contributed by atoms with E-state index in [0.717, 1.165) is 16.3 Å². The lowest BCUT2D eigenvalue weighted by Gasteiger charge is -2.14. The number of carbonyl (C=O) groups excluding carboxylic acids is 2. The molecule has 28 heavy (non-hydrogen) atoms. The molecule has 5 heteroatoms. The third-order valence-electron chi connectivity index (χ3n) is 4.18. The highest BCUT2D eigenvalue weighted by atomic mass is 16.5. The summed E-state index contributed by atoms with van der Waals surface area (Å²) in [5, 5.41) is 7.55. The van der Waals surface area contributed by atoms with Crippen LogP contribution >= 0.6 is 0 Å². The lowest BCUT2D eigenvalue weighted by atomic mass is 10.0. The third kappa shape index (κ3) is 4.88. The van der Waals surface area contributed by atoms with Crippen molar-refractivity contribution in [3.05, 3.63) is 71.8 Å². The molecule has 0 atom stereocenters. The van der Waals surface area contributed by atoms with Crippen molar-refractivity contribution in [2.45, 2.75) is 26.8 Å². The Balaban J connectivity index is 1.89. The molecule has 0 aromatic heterocycles. The average Bonchev–Trinajstić information content (AvgIpc) is 2.65. The van der Waals surface area contributed by atoms with Crippen molar-refractivity contribution in [1.82, 2.24) is 5.32 Å². The van der Waals surface area contributed by atoms with Crippen molar-refractivity contribution in [2.75, 3.05) is 11.9 Å². The summed E-state index contributed by atoms with van der Waals surface area (Å²) in [6.07, 6.45) is 0. The summed E-state index contributed by atoms with van der Waals surface area (Å²) >= 11 is 0. The first-order chi connectivity index (χ1) is 13.4. The van der Waals surface area contributed by atoms with E-state index in [9.17, 15) is 9.59 Å². The minimum Gasteiger partial charge on any atom is -0.483 e. The molecule has 3 aromatic carbocycles. The van der Waals surface area contributed by atoms with Crippen LogP contribution in [0.2, 0.25) is 0 Å². The Bertz CT molecular complexity index is 1010.